The Balaban J connectivity index is 2.20. The zero-order valence-electron chi connectivity index (χ0n) is 15.0. The van der Waals surface area contributed by atoms with Crippen molar-refractivity contribution in [2.75, 3.05) is 24.9 Å². The van der Waals surface area contributed by atoms with Crippen LogP contribution in [0.3, 0.4) is 0 Å². The molecule has 0 bridgehead atoms. The number of para-hydroxylation sites is 2. The van der Waals surface area contributed by atoms with Crippen molar-refractivity contribution >= 4 is 23.3 Å². The highest BCUT2D eigenvalue weighted by Crippen LogP contribution is 2.45. The summed E-state index contributed by atoms with van der Waals surface area (Å²) in [7, 11) is 2.68. The molecule has 0 saturated heterocycles. The average molecular weight is 354 g/mol. The monoisotopic (exact) mass is 354 g/mol. The Bertz CT molecular complexity index is 824. The molecule has 2 aromatic rings. The largest absolute Gasteiger partial charge is 0.467 e. The zero-order valence-corrected chi connectivity index (χ0v) is 15.0. The third-order valence-corrected chi connectivity index (χ3v) is 4.72. The van der Waals surface area contributed by atoms with E-state index in [1.807, 2.05) is 54.6 Å². The second-order valence-corrected chi connectivity index (χ2v) is 6.56. The van der Waals surface area contributed by atoms with Gasteiger partial charge in [-0.25, -0.2) is 9.59 Å². The number of hydrogen-bond acceptors (Lipinski definition) is 6. The quantitative estimate of drug-likeness (QED) is 0.822. The van der Waals surface area contributed by atoms with E-state index in [0.717, 1.165) is 11.3 Å². The highest BCUT2D eigenvalue weighted by Gasteiger charge is 2.54. The minimum atomic E-state index is -1.24. The fourth-order valence-electron chi connectivity index (χ4n) is 3.57. The van der Waals surface area contributed by atoms with Crippen molar-refractivity contribution in [2.45, 2.75) is 24.4 Å². The fraction of sp³-hybridized carbons (Fsp3) is 0.300. The van der Waals surface area contributed by atoms with Gasteiger partial charge in [-0.2, -0.15) is 0 Å². The van der Waals surface area contributed by atoms with Crippen molar-refractivity contribution in [3.05, 3.63) is 60.2 Å². The standard InChI is InChI=1S/C20H22N2O4/c1-19(17(23)25-2)13-20(18(24)26-3,21-14-9-5-4-6-10-14)15-11-7-8-12-16(15)22-19/h4-12,21-22H,13H2,1-3H3/t19-,20+/m1/s1. The van der Waals surface area contributed by atoms with E-state index in [2.05, 4.69) is 10.6 Å². The summed E-state index contributed by atoms with van der Waals surface area (Å²) >= 11 is 0. The van der Waals surface area contributed by atoms with E-state index in [1.165, 1.54) is 14.2 Å². The van der Waals surface area contributed by atoms with Crippen LogP contribution in [0, 0.1) is 0 Å². The minimum absolute atomic E-state index is 0.130. The molecule has 2 aromatic carbocycles. The lowest BCUT2D eigenvalue weighted by atomic mass is 9.73. The summed E-state index contributed by atoms with van der Waals surface area (Å²) in [5.74, 6) is -0.916. The second-order valence-electron chi connectivity index (χ2n) is 6.56. The molecule has 136 valence electrons. The normalized spacial score (nSPS) is 24.0. The van der Waals surface area contributed by atoms with Gasteiger partial charge in [0.15, 0.2) is 5.54 Å². The van der Waals surface area contributed by atoms with E-state index in [1.54, 1.807) is 6.92 Å². The Labute approximate surface area is 152 Å². The second kappa shape index (κ2) is 6.71. The Kier molecular flexibility index (Phi) is 4.59. The van der Waals surface area contributed by atoms with Crippen LogP contribution in [0.25, 0.3) is 0 Å². The summed E-state index contributed by atoms with van der Waals surface area (Å²) in [6.07, 6.45) is 0.130. The summed E-state index contributed by atoms with van der Waals surface area (Å²) in [6.45, 7) is 1.72. The van der Waals surface area contributed by atoms with E-state index in [9.17, 15) is 9.59 Å². The number of nitrogens with one attached hydrogen (secondary N) is 2. The lowest BCUT2D eigenvalue weighted by molar-refractivity contribution is -0.151. The van der Waals surface area contributed by atoms with Gasteiger partial charge in [-0.1, -0.05) is 36.4 Å². The Morgan fingerprint density at radius 2 is 1.58 bits per heavy atom. The van der Waals surface area contributed by atoms with E-state index >= 15 is 0 Å². The van der Waals surface area contributed by atoms with Gasteiger partial charge < -0.3 is 20.1 Å². The predicted molar refractivity (Wildman–Crippen MR) is 98.9 cm³/mol. The lowest BCUT2D eigenvalue weighted by Crippen LogP contribution is -2.59. The third-order valence-electron chi connectivity index (χ3n) is 4.72. The van der Waals surface area contributed by atoms with E-state index < -0.39 is 23.0 Å². The molecule has 0 aliphatic carbocycles. The molecule has 0 saturated carbocycles. The number of methoxy groups -OCH3 is 2. The molecular formula is C20H22N2O4. The number of esters is 2. The highest BCUT2D eigenvalue weighted by atomic mass is 16.5. The third kappa shape index (κ3) is 2.87. The maximum atomic E-state index is 13.0. The van der Waals surface area contributed by atoms with E-state index in [-0.39, 0.29) is 6.42 Å². The SMILES string of the molecule is COC(=O)[C@@]1(C)C[C@@](Nc2ccccc2)(C(=O)OC)c2ccccc2N1. The number of hydrogen-bond donors (Lipinski definition) is 2. The topological polar surface area (TPSA) is 76.7 Å². The molecule has 3 rings (SSSR count). The predicted octanol–water partition coefficient (Wildman–Crippen LogP) is 2.91. The number of anilines is 2. The minimum Gasteiger partial charge on any atom is -0.467 e. The van der Waals surface area contributed by atoms with Gasteiger partial charge in [-0.3, -0.25) is 0 Å². The molecule has 0 spiro atoms. The van der Waals surface area contributed by atoms with Crippen molar-refractivity contribution in [3.63, 3.8) is 0 Å². The maximum absolute atomic E-state index is 13.0. The summed E-state index contributed by atoms with van der Waals surface area (Å²) in [4.78, 5) is 25.5. The first-order valence-electron chi connectivity index (χ1n) is 8.33. The number of carbonyl (C=O) groups is 2. The summed E-state index contributed by atoms with van der Waals surface area (Å²) < 4.78 is 10.1. The van der Waals surface area contributed by atoms with Gasteiger partial charge in [0.2, 0.25) is 0 Å². The maximum Gasteiger partial charge on any atom is 0.336 e. The molecule has 26 heavy (non-hydrogen) atoms. The van der Waals surface area contributed by atoms with Crippen molar-refractivity contribution in [3.8, 4) is 0 Å². The zero-order chi connectivity index (χ0) is 18.8. The average Bonchev–Trinajstić information content (AvgIpc) is 2.67. The molecule has 1 aliphatic heterocycles. The first-order valence-corrected chi connectivity index (χ1v) is 8.33. The molecule has 0 radical (unpaired) electrons. The van der Waals surface area contributed by atoms with E-state index in [0.29, 0.717) is 5.69 Å². The van der Waals surface area contributed by atoms with Crippen molar-refractivity contribution in [1.29, 1.82) is 0 Å². The molecule has 1 heterocycles. The van der Waals surface area contributed by atoms with Crippen LogP contribution >= 0.6 is 0 Å². The Morgan fingerprint density at radius 3 is 2.23 bits per heavy atom. The first-order chi connectivity index (χ1) is 12.4. The van der Waals surface area contributed by atoms with Crippen molar-refractivity contribution in [2.24, 2.45) is 0 Å². The first kappa shape index (κ1) is 17.8. The van der Waals surface area contributed by atoms with Crippen LogP contribution in [-0.4, -0.2) is 31.7 Å². The fourth-order valence-corrected chi connectivity index (χ4v) is 3.57. The van der Waals surface area contributed by atoms with Crippen molar-refractivity contribution < 1.29 is 19.1 Å². The number of carbonyl (C=O) groups excluding carboxylic acids is 2. The molecular weight excluding hydrogens is 332 g/mol. The number of benzene rings is 2. The molecule has 2 atom stereocenters. The van der Waals surface area contributed by atoms with Gasteiger partial charge in [0.25, 0.3) is 0 Å². The van der Waals surface area contributed by atoms with Gasteiger partial charge in [-0.15, -0.1) is 0 Å². The molecule has 0 aromatic heterocycles. The number of rotatable bonds is 4. The highest BCUT2D eigenvalue weighted by molar-refractivity contribution is 5.94. The molecule has 0 fully saturated rings. The van der Waals surface area contributed by atoms with Gasteiger partial charge in [0, 0.05) is 23.4 Å². The van der Waals surface area contributed by atoms with Gasteiger partial charge >= 0.3 is 11.9 Å². The van der Waals surface area contributed by atoms with Gasteiger partial charge in [0.1, 0.15) is 5.54 Å². The van der Waals surface area contributed by atoms with Crippen LogP contribution in [0.4, 0.5) is 11.4 Å². The molecule has 6 heteroatoms. The molecule has 0 unspecified atom stereocenters. The van der Waals surface area contributed by atoms with Crippen LogP contribution in [0.5, 0.6) is 0 Å². The number of ether oxygens (including phenoxy) is 2. The molecule has 2 N–H and O–H groups in total. The lowest BCUT2D eigenvalue weighted by Gasteiger charge is -2.45. The van der Waals surface area contributed by atoms with Crippen LogP contribution in [-0.2, 0) is 24.6 Å². The smallest absolute Gasteiger partial charge is 0.336 e. The van der Waals surface area contributed by atoms with Gasteiger partial charge in [0.05, 0.1) is 14.2 Å². The van der Waals surface area contributed by atoms with Crippen LogP contribution in [0.2, 0.25) is 0 Å². The van der Waals surface area contributed by atoms with Crippen LogP contribution < -0.4 is 10.6 Å². The molecule has 0 amide bonds. The van der Waals surface area contributed by atoms with E-state index in [4.69, 9.17) is 9.47 Å². The number of fused-ring (bicyclic) bond motifs is 1. The molecule has 6 nitrogen and oxygen atoms in total. The van der Waals surface area contributed by atoms with Gasteiger partial charge in [-0.05, 0) is 25.1 Å². The Hall–Kier alpha value is -3.02. The van der Waals surface area contributed by atoms with Crippen LogP contribution in [0.15, 0.2) is 54.6 Å². The van der Waals surface area contributed by atoms with Crippen LogP contribution in [0.1, 0.15) is 18.9 Å². The summed E-state index contributed by atoms with van der Waals surface area (Å²) in [5.41, 5.74) is -0.181. The molecule has 1 aliphatic rings. The van der Waals surface area contributed by atoms with Crippen molar-refractivity contribution in [1.82, 2.24) is 0 Å². The summed E-state index contributed by atoms with van der Waals surface area (Å²) in [5, 5.41) is 6.53. The Morgan fingerprint density at radius 1 is 0.962 bits per heavy atom. The summed E-state index contributed by atoms with van der Waals surface area (Å²) in [6, 6.07) is 16.8.